The van der Waals surface area contributed by atoms with Crippen molar-refractivity contribution in [2.45, 2.75) is 19.3 Å². The number of benzene rings is 2. The molecule has 0 fully saturated rings. The summed E-state index contributed by atoms with van der Waals surface area (Å²) in [7, 11) is 0. The Kier molecular flexibility index (Phi) is 2.29. The third kappa shape index (κ3) is 1.67. The molecule has 2 nitrogen and oxygen atoms in total. The van der Waals surface area contributed by atoms with Crippen molar-refractivity contribution < 1.29 is 0 Å². The minimum Gasteiger partial charge on any atom is -0.294 e. The first-order valence-corrected chi connectivity index (χ1v) is 8.19. The average molecular weight is 290 g/mol. The van der Waals surface area contributed by atoms with E-state index in [9.17, 15) is 0 Å². The van der Waals surface area contributed by atoms with Gasteiger partial charge in [-0.2, -0.15) is 0 Å². The van der Waals surface area contributed by atoms with Crippen molar-refractivity contribution in [3.8, 4) is 11.3 Å². The lowest BCUT2D eigenvalue weighted by molar-refractivity contribution is 0.888. The van der Waals surface area contributed by atoms with Crippen molar-refractivity contribution in [1.29, 1.82) is 0 Å². The second-order valence-electron chi connectivity index (χ2n) is 5.67. The molecule has 0 bridgehead atoms. The number of aromatic nitrogens is 2. The Morgan fingerprint density at radius 1 is 1.00 bits per heavy atom. The highest BCUT2D eigenvalue weighted by atomic mass is 32.1. The standard InChI is InChI=1S/C18H14N2S/c1-2-5-13-10-14(9-8-12(13)4-1)15-11-20-16-6-3-7-17(16)21-18(20)19-15/h1-2,4-5,8-11H,3,6-7H2. The smallest absolute Gasteiger partial charge is 0.194 e. The van der Waals surface area contributed by atoms with Crippen molar-refractivity contribution in [2.75, 3.05) is 0 Å². The van der Waals surface area contributed by atoms with Crippen LogP contribution in [-0.4, -0.2) is 9.38 Å². The zero-order valence-electron chi connectivity index (χ0n) is 11.5. The molecule has 2 heterocycles. The highest BCUT2D eigenvalue weighted by molar-refractivity contribution is 7.17. The van der Waals surface area contributed by atoms with Gasteiger partial charge in [0.05, 0.1) is 5.69 Å². The molecule has 2 aromatic heterocycles. The summed E-state index contributed by atoms with van der Waals surface area (Å²) in [5.74, 6) is 0. The van der Waals surface area contributed by atoms with E-state index in [1.165, 1.54) is 46.2 Å². The summed E-state index contributed by atoms with van der Waals surface area (Å²) in [6.45, 7) is 0. The van der Waals surface area contributed by atoms with Gasteiger partial charge in [0.25, 0.3) is 0 Å². The summed E-state index contributed by atoms with van der Waals surface area (Å²) in [6.07, 6.45) is 5.93. The highest BCUT2D eigenvalue weighted by Crippen LogP contribution is 2.33. The Bertz CT molecular complexity index is 977. The van der Waals surface area contributed by atoms with Gasteiger partial charge < -0.3 is 0 Å². The number of imidazole rings is 1. The number of hydrogen-bond donors (Lipinski definition) is 0. The van der Waals surface area contributed by atoms with Crippen molar-refractivity contribution in [2.24, 2.45) is 0 Å². The third-order valence-electron chi connectivity index (χ3n) is 4.36. The Hall–Kier alpha value is -2.13. The van der Waals surface area contributed by atoms with Crippen LogP contribution in [0.1, 0.15) is 17.0 Å². The van der Waals surface area contributed by atoms with E-state index in [2.05, 4.69) is 53.1 Å². The quantitative estimate of drug-likeness (QED) is 0.496. The van der Waals surface area contributed by atoms with Gasteiger partial charge in [0.1, 0.15) is 0 Å². The molecule has 0 unspecified atom stereocenters. The highest BCUT2D eigenvalue weighted by Gasteiger charge is 2.19. The van der Waals surface area contributed by atoms with Crippen LogP contribution in [0.4, 0.5) is 0 Å². The predicted octanol–water partition coefficient (Wildman–Crippen LogP) is 4.70. The Labute approximate surface area is 126 Å². The maximum atomic E-state index is 4.83. The molecule has 0 amide bonds. The molecule has 3 heteroatoms. The number of fused-ring (bicyclic) bond motifs is 4. The largest absolute Gasteiger partial charge is 0.294 e. The van der Waals surface area contributed by atoms with E-state index < -0.39 is 0 Å². The van der Waals surface area contributed by atoms with E-state index in [4.69, 9.17) is 4.98 Å². The normalized spacial score (nSPS) is 14.1. The summed E-state index contributed by atoms with van der Waals surface area (Å²) in [4.78, 5) is 7.51. The molecule has 2 aromatic carbocycles. The lowest BCUT2D eigenvalue weighted by Gasteiger charge is -2.00. The van der Waals surface area contributed by atoms with Crippen molar-refractivity contribution >= 4 is 27.1 Å². The molecule has 0 atom stereocenters. The van der Waals surface area contributed by atoms with Gasteiger partial charge in [0, 0.05) is 22.3 Å². The number of hydrogen-bond acceptors (Lipinski definition) is 2. The topological polar surface area (TPSA) is 17.3 Å². The Morgan fingerprint density at radius 3 is 2.86 bits per heavy atom. The summed E-state index contributed by atoms with van der Waals surface area (Å²) in [6, 6.07) is 15.1. The van der Waals surface area contributed by atoms with Crippen LogP contribution >= 0.6 is 11.3 Å². The van der Waals surface area contributed by atoms with E-state index in [0.29, 0.717) is 0 Å². The number of rotatable bonds is 1. The summed E-state index contributed by atoms with van der Waals surface area (Å²) in [5, 5.41) is 2.56. The van der Waals surface area contributed by atoms with E-state index >= 15 is 0 Å². The molecule has 1 aliphatic carbocycles. The molecule has 21 heavy (non-hydrogen) atoms. The molecule has 0 aliphatic heterocycles. The summed E-state index contributed by atoms with van der Waals surface area (Å²) in [5.41, 5.74) is 3.77. The van der Waals surface area contributed by atoms with Gasteiger partial charge in [-0.15, -0.1) is 11.3 Å². The van der Waals surface area contributed by atoms with Gasteiger partial charge in [-0.3, -0.25) is 4.40 Å². The van der Waals surface area contributed by atoms with Crippen LogP contribution in [0.25, 0.3) is 27.0 Å². The lowest BCUT2D eigenvalue weighted by atomic mass is 10.1. The van der Waals surface area contributed by atoms with Crippen LogP contribution in [0.15, 0.2) is 48.7 Å². The lowest BCUT2D eigenvalue weighted by Crippen LogP contribution is -1.85. The second-order valence-corrected chi connectivity index (χ2v) is 6.73. The first kappa shape index (κ1) is 11.5. The van der Waals surface area contributed by atoms with Crippen LogP contribution in [0.5, 0.6) is 0 Å². The fraction of sp³-hybridized carbons (Fsp3) is 0.167. The van der Waals surface area contributed by atoms with Crippen LogP contribution in [-0.2, 0) is 12.8 Å². The molecule has 1 aliphatic rings. The first-order chi connectivity index (χ1) is 10.4. The van der Waals surface area contributed by atoms with Gasteiger partial charge in [-0.25, -0.2) is 4.98 Å². The van der Waals surface area contributed by atoms with Gasteiger partial charge in [-0.05, 0) is 36.1 Å². The average Bonchev–Trinajstić information content (AvgIpc) is 3.18. The molecular weight excluding hydrogens is 276 g/mol. The van der Waals surface area contributed by atoms with Crippen LogP contribution in [0.3, 0.4) is 0 Å². The maximum absolute atomic E-state index is 4.83. The zero-order chi connectivity index (χ0) is 13.8. The Balaban J connectivity index is 1.69. The summed E-state index contributed by atoms with van der Waals surface area (Å²) >= 11 is 1.86. The molecule has 0 spiro atoms. The SMILES string of the molecule is c1ccc2cc(-c3cn4c5c(sc4n3)CCC5)ccc2c1. The van der Waals surface area contributed by atoms with Gasteiger partial charge in [0.15, 0.2) is 4.96 Å². The maximum Gasteiger partial charge on any atom is 0.194 e. The molecule has 102 valence electrons. The van der Waals surface area contributed by atoms with E-state index in [0.717, 1.165) is 10.7 Å². The summed E-state index contributed by atoms with van der Waals surface area (Å²) < 4.78 is 2.30. The minimum absolute atomic E-state index is 1.08. The fourth-order valence-corrected chi connectivity index (χ4v) is 4.48. The fourth-order valence-electron chi connectivity index (χ4n) is 3.29. The molecule has 4 aromatic rings. The molecule has 0 N–H and O–H groups in total. The molecule has 0 radical (unpaired) electrons. The zero-order valence-corrected chi connectivity index (χ0v) is 12.4. The van der Waals surface area contributed by atoms with Gasteiger partial charge in [0.2, 0.25) is 0 Å². The van der Waals surface area contributed by atoms with Crippen molar-refractivity contribution in [3.05, 3.63) is 59.2 Å². The minimum atomic E-state index is 1.08. The molecule has 0 saturated carbocycles. The first-order valence-electron chi connectivity index (χ1n) is 7.37. The molecular formula is C18H14N2S. The van der Waals surface area contributed by atoms with Gasteiger partial charge >= 0.3 is 0 Å². The molecule has 0 saturated heterocycles. The van der Waals surface area contributed by atoms with Crippen LogP contribution < -0.4 is 0 Å². The number of thiazole rings is 1. The Morgan fingerprint density at radius 2 is 1.90 bits per heavy atom. The predicted molar refractivity (Wildman–Crippen MR) is 88.0 cm³/mol. The van der Waals surface area contributed by atoms with Crippen molar-refractivity contribution in [1.82, 2.24) is 9.38 Å². The van der Waals surface area contributed by atoms with E-state index in [1.54, 1.807) is 0 Å². The monoisotopic (exact) mass is 290 g/mol. The van der Waals surface area contributed by atoms with E-state index in [-0.39, 0.29) is 0 Å². The van der Waals surface area contributed by atoms with E-state index in [1.807, 2.05) is 11.3 Å². The number of aryl methyl sites for hydroxylation is 2. The second kappa shape index (κ2) is 4.18. The van der Waals surface area contributed by atoms with Crippen LogP contribution in [0, 0.1) is 0 Å². The van der Waals surface area contributed by atoms with Crippen LogP contribution in [0.2, 0.25) is 0 Å². The molecule has 5 rings (SSSR count). The van der Waals surface area contributed by atoms with Crippen molar-refractivity contribution in [3.63, 3.8) is 0 Å². The third-order valence-corrected chi connectivity index (χ3v) is 5.52. The van der Waals surface area contributed by atoms with Gasteiger partial charge in [-0.1, -0.05) is 36.4 Å². The number of nitrogens with zero attached hydrogens (tertiary/aromatic N) is 2.